The van der Waals surface area contributed by atoms with Gasteiger partial charge in [0.25, 0.3) is 0 Å². The normalized spacial score (nSPS) is 10.2. The Morgan fingerprint density at radius 3 is 0.212 bits per heavy atom. The largest absolute Gasteiger partial charge is 0.281 e. The zero-order chi connectivity index (χ0) is 76.7. The van der Waals surface area contributed by atoms with Crippen LogP contribution in [-0.4, -0.2) is 23.8 Å². The topological polar surface area (TPSA) is 121 Å². The van der Waals surface area contributed by atoms with Gasteiger partial charge in [0.1, 0.15) is 0 Å². The second-order valence-corrected chi connectivity index (χ2v) is 25.3. The SMILES string of the molecule is N=C(N(c1ccccc1)c1ccccc1)N(c1ccccc1)c1ccccc1.N=C(N(c1ccccc1)c1ccccc1)N(c1ccccc1)c1ccccc1.N=C(N(c1ccccc1)c1ccccc1)N(c1ccccc1)c1ccccc1.N=C(N(c1ccccc1)c1ccccc1)N(c1ccccc1)c1ccccc1.P. The number of nitrogens with zero attached hydrogens (tertiary/aromatic N) is 8. The Kier molecular flexibility index (Phi) is 27.7. The number of hydrogen-bond donors (Lipinski definition) is 4. The molecule has 552 valence electrons. The number of benzene rings is 16. The highest BCUT2D eigenvalue weighted by Gasteiger charge is 2.28. The number of para-hydroxylation sites is 16. The van der Waals surface area contributed by atoms with Crippen LogP contribution in [0.15, 0.2) is 485 Å². The van der Waals surface area contributed by atoms with E-state index >= 15 is 0 Å². The zero-order valence-electron chi connectivity index (χ0n) is 62.5. The van der Waals surface area contributed by atoms with E-state index in [1.54, 1.807) is 0 Å². The summed E-state index contributed by atoms with van der Waals surface area (Å²) >= 11 is 0. The van der Waals surface area contributed by atoms with E-state index in [0.717, 1.165) is 91.0 Å². The highest BCUT2D eigenvalue weighted by atomic mass is 31.0. The van der Waals surface area contributed by atoms with Gasteiger partial charge in [-0.1, -0.05) is 291 Å². The van der Waals surface area contributed by atoms with E-state index in [1.165, 1.54) is 0 Å². The highest BCUT2D eigenvalue weighted by molar-refractivity contribution is 6.92. The molecule has 1 atom stereocenters. The summed E-state index contributed by atoms with van der Waals surface area (Å²) in [5.41, 5.74) is 15.0. The van der Waals surface area contributed by atoms with Crippen LogP contribution in [0.2, 0.25) is 0 Å². The molecule has 16 aromatic rings. The summed E-state index contributed by atoms with van der Waals surface area (Å²) in [5.74, 6) is 1.43. The van der Waals surface area contributed by atoms with Gasteiger partial charge in [-0.05, 0) is 194 Å². The monoisotopic (exact) mass is 1490 g/mol. The Hall–Kier alpha value is -15.0. The molecule has 0 saturated carbocycles. The Balaban J connectivity index is 0.000000139. The molecule has 16 aromatic carbocycles. The lowest BCUT2D eigenvalue weighted by Crippen LogP contribution is -2.38. The van der Waals surface area contributed by atoms with Gasteiger partial charge in [-0.3, -0.25) is 60.8 Å². The van der Waals surface area contributed by atoms with Crippen molar-refractivity contribution in [2.45, 2.75) is 0 Å². The number of nitrogens with one attached hydrogen (secondary N) is 4. The fourth-order valence-corrected chi connectivity index (χ4v) is 12.8. The van der Waals surface area contributed by atoms with Crippen molar-refractivity contribution in [1.29, 1.82) is 21.6 Å². The molecule has 0 aliphatic heterocycles. The molecule has 16 rings (SSSR count). The van der Waals surface area contributed by atoms with E-state index < -0.39 is 0 Å². The maximum atomic E-state index is 9.20. The summed E-state index contributed by atoms with van der Waals surface area (Å²) < 4.78 is 0. The minimum Gasteiger partial charge on any atom is -0.281 e. The minimum absolute atomic E-state index is 0. The molecule has 0 spiro atoms. The molecule has 0 aliphatic rings. The molecular weight excluding hydrogens is 1400 g/mol. The number of hydrogen-bond acceptors (Lipinski definition) is 4. The van der Waals surface area contributed by atoms with Gasteiger partial charge in [-0.15, -0.1) is 0 Å². The first-order chi connectivity index (χ1) is 55.4. The second kappa shape index (κ2) is 40.3. The third-order valence-corrected chi connectivity index (χ3v) is 17.9. The first-order valence-electron chi connectivity index (χ1n) is 36.9. The summed E-state index contributed by atoms with van der Waals surface area (Å²) in [6.45, 7) is 0. The van der Waals surface area contributed by atoms with Gasteiger partial charge in [0.15, 0.2) is 0 Å². The molecule has 4 N–H and O–H groups in total. The van der Waals surface area contributed by atoms with Crippen molar-refractivity contribution < 1.29 is 0 Å². The molecule has 13 heteroatoms. The van der Waals surface area contributed by atoms with E-state index in [0.29, 0.717) is 23.8 Å². The minimum atomic E-state index is 0. The van der Waals surface area contributed by atoms with Crippen molar-refractivity contribution in [2.24, 2.45) is 0 Å². The van der Waals surface area contributed by atoms with Crippen LogP contribution in [0, 0.1) is 21.6 Å². The standard InChI is InChI=1S/4C25H21N3.H3P/c4*26-25(27(21-13-5-1-6-14-21)22-15-7-2-8-16-22)28(23-17-9-3-10-18-23)24-19-11-4-12-20-24;/h4*1-20,26H;1H3. The van der Waals surface area contributed by atoms with E-state index in [1.807, 2.05) is 525 Å². The lowest BCUT2D eigenvalue weighted by Gasteiger charge is -2.33. The molecule has 12 nitrogen and oxygen atoms in total. The van der Waals surface area contributed by atoms with Crippen LogP contribution < -0.4 is 39.2 Å². The quantitative estimate of drug-likeness (QED) is 0.0429. The Bertz CT molecular complexity index is 4110. The first kappa shape index (κ1) is 77.6. The molecule has 0 saturated heterocycles. The van der Waals surface area contributed by atoms with Crippen LogP contribution in [0.1, 0.15) is 0 Å². The Morgan fingerprint density at radius 2 is 0.159 bits per heavy atom. The average Bonchev–Trinajstić information content (AvgIpc) is 0.808. The lowest BCUT2D eigenvalue weighted by molar-refractivity contribution is 1.19. The van der Waals surface area contributed by atoms with Crippen LogP contribution in [-0.2, 0) is 0 Å². The number of guanidine groups is 4. The van der Waals surface area contributed by atoms with E-state index in [2.05, 4.69) is 0 Å². The molecule has 0 aliphatic carbocycles. The van der Waals surface area contributed by atoms with Crippen LogP contribution in [0.4, 0.5) is 91.0 Å². The molecule has 0 aromatic heterocycles. The van der Waals surface area contributed by atoms with Gasteiger partial charge >= 0.3 is 0 Å². The van der Waals surface area contributed by atoms with E-state index in [4.69, 9.17) is 0 Å². The van der Waals surface area contributed by atoms with Gasteiger partial charge in [-0.2, -0.15) is 9.90 Å². The summed E-state index contributed by atoms with van der Waals surface area (Å²) in [4.78, 5) is 15.7. The van der Waals surface area contributed by atoms with Crippen molar-refractivity contribution in [3.05, 3.63) is 485 Å². The van der Waals surface area contributed by atoms with E-state index in [9.17, 15) is 21.6 Å². The van der Waals surface area contributed by atoms with Crippen molar-refractivity contribution in [3.63, 3.8) is 0 Å². The van der Waals surface area contributed by atoms with Gasteiger partial charge in [-0.25, -0.2) is 0 Å². The van der Waals surface area contributed by atoms with Crippen molar-refractivity contribution in [3.8, 4) is 0 Å². The molecule has 0 fully saturated rings. The molecule has 0 heterocycles. The molecule has 1 unspecified atom stereocenters. The lowest BCUT2D eigenvalue weighted by atomic mass is 10.2. The maximum absolute atomic E-state index is 9.20. The van der Waals surface area contributed by atoms with Crippen LogP contribution in [0.5, 0.6) is 0 Å². The maximum Gasteiger partial charge on any atom is 0.212 e. The summed E-state index contributed by atoms with van der Waals surface area (Å²) in [5, 5.41) is 36.8. The fourth-order valence-electron chi connectivity index (χ4n) is 12.8. The number of rotatable bonds is 16. The Labute approximate surface area is 666 Å². The molecule has 113 heavy (non-hydrogen) atoms. The third-order valence-electron chi connectivity index (χ3n) is 17.9. The van der Waals surface area contributed by atoms with Gasteiger partial charge < -0.3 is 0 Å². The van der Waals surface area contributed by atoms with Crippen molar-refractivity contribution in [1.82, 2.24) is 0 Å². The Morgan fingerprint density at radius 1 is 0.106 bits per heavy atom. The van der Waals surface area contributed by atoms with E-state index in [-0.39, 0.29) is 9.90 Å². The van der Waals surface area contributed by atoms with Gasteiger partial charge in [0.05, 0.1) is 0 Å². The van der Waals surface area contributed by atoms with Crippen molar-refractivity contribution in [2.75, 3.05) is 39.2 Å². The van der Waals surface area contributed by atoms with Crippen LogP contribution in [0.3, 0.4) is 0 Å². The highest BCUT2D eigenvalue weighted by Crippen LogP contribution is 2.38. The summed E-state index contributed by atoms with van der Waals surface area (Å²) in [6, 6.07) is 160. The smallest absolute Gasteiger partial charge is 0.212 e. The first-order valence-corrected chi connectivity index (χ1v) is 36.9. The third kappa shape index (κ3) is 20.1. The predicted molar refractivity (Wildman–Crippen MR) is 482 cm³/mol. The average molecular weight is 1490 g/mol. The molecule has 0 bridgehead atoms. The van der Waals surface area contributed by atoms with Crippen LogP contribution >= 0.6 is 9.90 Å². The van der Waals surface area contributed by atoms with Crippen LogP contribution in [0.25, 0.3) is 0 Å². The molecular formula is C100H87N12P. The second-order valence-electron chi connectivity index (χ2n) is 25.3. The number of anilines is 16. The zero-order valence-corrected chi connectivity index (χ0v) is 63.9. The van der Waals surface area contributed by atoms with Gasteiger partial charge in [0, 0.05) is 91.0 Å². The van der Waals surface area contributed by atoms with Gasteiger partial charge in [0.2, 0.25) is 23.8 Å². The molecule has 0 amide bonds. The summed E-state index contributed by atoms with van der Waals surface area (Å²) in [6.07, 6.45) is 0. The fraction of sp³-hybridized carbons (Fsp3) is 0. The predicted octanol–water partition coefficient (Wildman–Crippen LogP) is 26.4. The van der Waals surface area contributed by atoms with Crippen molar-refractivity contribution >= 4 is 125 Å². The summed E-state index contributed by atoms with van der Waals surface area (Å²) in [7, 11) is 0. The molecule has 0 radical (unpaired) electrons.